The van der Waals surface area contributed by atoms with Crippen molar-refractivity contribution in [2.24, 2.45) is 28.1 Å². The number of ketones is 1. The van der Waals surface area contributed by atoms with Gasteiger partial charge in [-0.3, -0.25) is 14.4 Å². The summed E-state index contributed by atoms with van der Waals surface area (Å²) in [4.78, 5) is 83.7. The van der Waals surface area contributed by atoms with Crippen LogP contribution in [0.5, 0.6) is 0 Å². The van der Waals surface area contributed by atoms with Gasteiger partial charge in [-0.05, 0) is 80.7 Å². The van der Waals surface area contributed by atoms with E-state index < -0.39 is 112 Å². The topological polar surface area (TPSA) is 190 Å². The van der Waals surface area contributed by atoms with Crippen molar-refractivity contribution in [3.8, 4) is 0 Å². The lowest BCUT2D eigenvalue weighted by atomic mass is 9.41. The second-order valence-corrected chi connectivity index (χ2v) is 19.0. The number of amides is 1. The molecular formula is C47H59NO13. The first-order valence-corrected chi connectivity index (χ1v) is 20.8. The number of aliphatic hydroxyl groups excluding tert-OH is 1. The number of hydrogen-bond acceptors (Lipinski definition) is 13. The van der Waals surface area contributed by atoms with Crippen LogP contribution < -0.4 is 5.32 Å². The Hall–Kier alpha value is -5.08. The summed E-state index contributed by atoms with van der Waals surface area (Å²) in [5.41, 5.74) is -4.84. The fourth-order valence-corrected chi connectivity index (χ4v) is 10.4. The van der Waals surface area contributed by atoms with E-state index in [2.05, 4.69) is 5.32 Å². The maximum Gasteiger partial charge on any atom is 0.408 e. The molecule has 61 heavy (non-hydrogen) atoms. The first kappa shape index (κ1) is 45.4. The van der Waals surface area contributed by atoms with Crippen molar-refractivity contribution in [2.45, 2.75) is 137 Å². The zero-order chi connectivity index (χ0) is 45.0. The maximum absolute atomic E-state index is 15.7. The van der Waals surface area contributed by atoms with Gasteiger partial charge in [-0.25, -0.2) is 14.4 Å². The molecule has 1 aliphatic heterocycles. The number of fused-ring (bicyclic) bond motifs is 5. The van der Waals surface area contributed by atoms with Gasteiger partial charge in [-0.2, -0.15) is 0 Å². The first-order chi connectivity index (χ1) is 28.4. The lowest BCUT2D eigenvalue weighted by molar-refractivity contribution is -0.334. The van der Waals surface area contributed by atoms with Gasteiger partial charge in [0.1, 0.15) is 23.9 Å². The average Bonchev–Trinajstić information content (AvgIpc) is 3.17. The van der Waals surface area contributed by atoms with E-state index >= 15 is 4.79 Å². The molecule has 14 heteroatoms. The van der Waals surface area contributed by atoms with Gasteiger partial charge in [0.15, 0.2) is 23.6 Å². The number of benzene rings is 2. The number of esters is 4. The predicted molar refractivity (Wildman–Crippen MR) is 219 cm³/mol. The van der Waals surface area contributed by atoms with Crippen molar-refractivity contribution in [1.29, 1.82) is 0 Å². The molecule has 2 saturated carbocycles. The fourth-order valence-electron chi connectivity index (χ4n) is 10.4. The molecule has 1 heterocycles. The third kappa shape index (κ3) is 7.97. The average molecular weight is 846 g/mol. The second-order valence-electron chi connectivity index (χ2n) is 19.0. The number of rotatable bonds is 9. The molecule has 0 spiro atoms. The molecule has 3 fully saturated rings. The highest BCUT2D eigenvalue weighted by atomic mass is 16.6. The first-order valence-electron chi connectivity index (χ1n) is 20.8. The molecule has 0 unspecified atom stereocenters. The van der Waals surface area contributed by atoms with E-state index in [-0.39, 0.29) is 18.6 Å². The van der Waals surface area contributed by atoms with Crippen LogP contribution in [-0.4, -0.2) is 89.2 Å². The molecule has 1 amide bonds. The van der Waals surface area contributed by atoms with Crippen molar-refractivity contribution in [1.82, 2.24) is 5.32 Å². The van der Waals surface area contributed by atoms with Crippen LogP contribution in [0.1, 0.15) is 111 Å². The molecule has 2 aromatic carbocycles. The Balaban J connectivity index is 1.54. The zero-order valence-corrected chi connectivity index (χ0v) is 36.9. The number of carbonyl (C=O) groups excluding carboxylic acids is 6. The number of nitrogens with one attached hydrogen (secondary N) is 1. The molecule has 2 aromatic rings. The number of alkyl carbamates (subject to hydrolysis) is 1. The van der Waals surface area contributed by atoms with Crippen LogP contribution in [0.4, 0.5) is 4.79 Å². The summed E-state index contributed by atoms with van der Waals surface area (Å²) in [6, 6.07) is 15.4. The smallest absolute Gasteiger partial charge is 0.408 e. The molecule has 6 rings (SSSR count). The summed E-state index contributed by atoms with van der Waals surface area (Å²) >= 11 is 0. The molecule has 2 bridgehead atoms. The monoisotopic (exact) mass is 845 g/mol. The molecule has 11 atom stereocenters. The summed E-state index contributed by atoms with van der Waals surface area (Å²) in [5.74, 6) is -5.18. The molecule has 3 aliphatic carbocycles. The summed E-state index contributed by atoms with van der Waals surface area (Å²) in [6.07, 6.45) is -7.14. The van der Waals surface area contributed by atoms with Crippen LogP contribution in [0.2, 0.25) is 0 Å². The third-order valence-corrected chi connectivity index (χ3v) is 13.9. The second kappa shape index (κ2) is 16.3. The third-order valence-electron chi connectivity index (χ3n) is 13.9. The summed E-state index contributed by atoms with van der Waals surface area (Å²) in [7, 11) is 0. The van der Waals surface area contributed by atoms with Crippen LogP contribution >= 0.6 is 0 Å². The van der Waals surface area contributed by atoms with E-state index in [0.29, 0.717) is 23.1 Å². The highest BCUT2D eigenvalue weighted by Gasteiger charge is 2.77. The van der Waals surface area contributed by atoms with Crippen LogP contribution in [0, 0.1) is 28.1 Å². The minimum atomic E-state index is -1.96. The van der Waals surface area contributed by atoms with Gasteiger partial charge >= 0.3 is 30.0 Å². The predicted octanol–water partition coefficient (Wildman–Crippen LogP) is 6.38. The van der Waals surface area contributed by atoms with Crippen molar-refractivity contribution in [3.63, 3.8) is 0 Å². The van der Waals surface area contributed by atoms with Gasteiger partial charge in [-0.15, -0.1) is 0 Å². The lowest BCUT2D eigenvalue weighted by Crippen LogP contribution is -2.79. The Bertz CT molecular complexity index is 2090. The van der Waals surface area contributed by atoms with Crippen molar-refractivity contribution in [3.05, 3.63) is 82.9 Å². The number of aliphatic hydroxyl groups is 1. The summed E-state index contributed by atoms with van der Waals surface area (Å²) in [5, 5.41) is 14.4. The fraction of sp³-hybridized carbons (Fsp3) is 0.574. The maximum atomic E-state index is 15.7. The largest absolute Gasteiger partial charge is 0.458 e. The van der Waals surface area contributed by atoms with Crippen molar-refractivity contribution < 1.29 is 62.3 Å². The van der Waals surface area contributed by atoms with E-state index in [9.17, 15) is 29.1 Å². The Kier molecular flexibility index (Phi) is 12.2. The molecule has 0 radical (unpaired) electrons. The molecule has 4 aliphatic rings. The van der Waals surface area contributed by atoms with E-state index in [0.717, 1.165) is 0 Å². The number of ether oxygens (including phenoxy) is 6. The zero-order valence-electron chi connectivity index (χ0n) is 36.9. The number of Topliss-reactive ketones (excluding diaryl/α,β-unsaturated/α-hetero) is 1. The van der Waals surface area contributed by atoms with E-state index in [1.165, 1.54) is 13.8 Å². The van der Waals surface area contributed by atoms with Gasteiger partial charge in [0.05, 0.1) is 24.1 Å². The Morgan fingerprint density at radius 2 is 1.49 bits per heavy atom. The van der Waals surface area contributed by atoms with Crippen molar-refractivity contribution in [2.75, 3.05) is 6.61 Å². The quantitative estimate of drug-likeness (QED) is 0.161. The van der Waals surface area contributed by atoms with E-state index in [4.69, 9.17) is 28.4 Å². The standard InChI is InChI=1S/C47H59NO13/c1-25-22-32-47(24-56-32,60-28(4)50)37-39(59-40(53)30-20-16-13-17-21-30)45(10)23-31(26(2)33(44(45,8)9)36(57-27(3)49)38(52)46(25,37)11)58-41(54)35(51)34(29-18-14-12-15-19-29)48-42(55)61-43(5,6)7/h12-21,25,31-32,34-37,39,51H,22-24H2,1-11H3,(H,48,55)/t25-,31-,32+,34-,35+,36+,37-,39-,45-,46-,47-/m0/s1. The van der Waals surface area contributed by atoms with Gasteiger partial charge < -0.3 is 38.8 Å². The molecule has 330 valence electrons. The molecule has 0 aromatic heterocycles. The van der Waals surface area contributed by atoms with Crippen LogP contribution in [0.25, 0.3) is 0 Å². The van der Waals surface area contributed by atoms with Gasteiger partial charge in [0, 0.05) is 24.7 Å². The van der Waals surface area contributed by atoms with E-state index in [1.54, 1.807) is 95.3 Å². The van der Waals surface area contributed by atoms with E-state index in [1.807, 2.05) is 27.7 Å². The Morgan fingerprint density at radius 1 is 0.885 bits per heavy atom. The minimum absolute atomic E-state index is 0.0281. The molecule has 14 nitrogen and oxygen atoms in total. The molecular weight excluding hydrogens is 787 g/mol. The van der Waals surface area contributed by atoms with Crippen LogP contribution in [-0.2, 0) is 47.6 Å². The molecule has 2 N–H and O–H groups in total. The summed E-state index contributed by atoms with van der Waals surface area (Å²) < 4.78 is 36.9. The van der Waals surface area contributed by atoms with Gasteiger partial charge in [0.2, 0.25) is 0 Å². The highest BCUT2D eigenvalue weighted by Crippen LogP contribution is 2.68. The lowest BCUT2D eigenvalue weighted by Gasteiger charge is -2.68. The van der Waals surface area contributed by atoms with Crippen molar-refractivity contribution >= 4 is 35.8 Å². The Labute approximate surface area is 357 Å². The Morgan fingerprint density at radius 3 is 2.03 bits per heavy atom. The highest BCUT2D eigenvalue weighted by molar-refractivity contribution is 5.95. The number of hydrogen-bond donors (Lipinski definition) is 2. The minimum Gasteiger partial charge on any atom is -0.458 e. The number of carbonyl (C=O) groups is 6. The SMILES string of the molecule is CC(=O)O[C@H]1C(=O)[C@]2(C)[C@H]([C@H](OC(=O)c3ccccc3)[C@]3(C)C[C@H](OC(=O)[C@H](O)[C@@H](NC(=O)OC(C)(C)C)c4ccccc4)C(C)=C1C3(C)C)[C@]1(OC(C)=O)CO[C@@H]1C[C@@H]2C. The molecule has 1 saturated heterocycles. The van der Waals surface area contributed by atoms with Gasteiger partial charge in [-0.1, -0.05) is 83.1 Å². The van der Waals surface area contributed by atoms with Gasteiger partial charge in [0.25, 0.3) is 0 Å². The summed E-state index contributed by atoms with van der Waals surface area (Å²) in [6.45, 7) is 18.3. The van der Waals surface area contributed by atoms with Crippen LogP contribution in [0.15, 0.2) is 71.8 Å². The normalized spacial score (nSPS) is 32.5. The van der Waals surface area contributed by atoms with Crippen LogP contribution in [0.3, 0.4) is 0 Å².